The van der Waals surface area contributed by atoms with E-state index in [2.05, 4.69) is 20.6 Å². The van der Waals surface area contributed by atoms with Crippen LogP contribution in [0.15, 0.2) is 29.1 Å². The van der Waals surface area contributed by atoms with E-state index in [1.54, 1.807) is 18.2 Å². The Kier molecular flexibility index (Phi) is 6.85. The van der Waals surface area contributed by atoms with Crippen LogP contribution >= 0.6 is 0 Å². The summed E-state index contributed by atoms with van der Waals surface area (Å²) in [6.07, 6.45) is 0. The molecule has 0 aliphatic heterocycles. The number of amides is 3. The molecular weight excluding hydrogens is 334 g/mol. The highest BCUT2D eigenvalue weighted by molar-refractivity contribution is 5.94. The highest BCUT2D eigenvalue weighted by Gasteiger charge is 2.17. The van der Waals surface area contributed by atoms with E-state index in [1.807, 2.05) is 26.8 Å². The minimum Gasteiger partial charge on any atom is -0.338 e. The third-order valence-corrected chi connectivity index (χ3v) is 3.91. The van der Waals surface area contributed by atoms with Crippen LogP contribution in [0.4, 0.5) is 4.79 Å². The van der Waals surface area contributed by atoms with Gasteiger partial charge in [0, 0.05) is 6.54 Å². The molecule has 1 unspecified atom stereocenters. The van der Waals surface area contributed by atoms with Crippen molar-refractivity contribution in [3.8, 4) is 0 Å². The third-order valence-electron chi connectivity index (χ3n) is 3.91. The van der Waals surface area contributed by atoms with Crippen molar-refractivity contribution in [3.63, 3.8) is 0 Å². The molecule has 1 aromatic carbocycles. The van der Waals surface area contributed by atoms with Gasteiger partial charge in [0.2, 0.25) is 0 Å². The van der Waals surface area contributed by atoms with Crippen molar-refractivity contribution in [1.29, 1.82) is 0 Å². The average molecular weight is 360 g/mol. The van der Waals surface area contributed by atoms with Gasteiger partial charge in [-0.2, -0.15) is 0 Å². The lowest BCUT2D eigenvalue weighted by molar-refractivity contribution is -0.904. The van der Waals surface area contributed by atoms with Crippen molar-refractivity contribution in [2.24, 2.45) is 5.92 Å². The van der Waals surface area contributed by atoms with Crippen LogP contribution in [-0.2, 0) is 11.3 Å². The lowest BCUT2D eigenvalue weighted by Gasteiger charge is -2.17. The van der Waals surface area contributed by atoms with Crippen molar-refractivity contribution < 1.29 is 14.5 Å². The molecule has 0 spiro atoms. The molecule has 0 bridgehead atoms. The Morgan fingerprint density at radius 1 is 1.27 bits per heavy atom. The Balaban J connectivity index is 1.98. The summed E-state index contributed by atoms with van der Waals surface area (Å²) >= 11 is 0. The molecule has 1 atom stereocenters. The number of likely N-dealkylation sites (N-methyl/N-ethyl adjacent to an activating group) is 1. The molecule has 8 heteroatoms. The summed E-state index contributed by atoms with van der Waals surface area (Å²) < 4.78 is 0. The first kappa shape index (κ1) is 19.6. The number of quaternary nitrogens is 1. The predicted molar refractivity (Wildman–Crippen MR) is 98.8 cm³/mol. The van der Waals surface area contributed by atoms with Crippen LogP contribution in [0.25, 0.3) is 10.9 Å². The molecule has 4 N–H and O–H groups in total. The number of aromatic amines is 1. The van der Waals surface area contributed by atoms with Crippen molar-refractivity contribution in [2.45, 2.75) is 27.3 Å². The van der Waals surface area contributed by atoms with Gasteiger partial charge in [0.25, 0.3) is 11.5 Å². The molecule has 0 saturated carbocycles. The number of carbonyl (C=O) groups is 2. The van der Waals surface area contributed by atoms with Crippen LogP contribution in [0.3, 0.4) is 0 Å². The summed E-state index contributed by atoms with van der Waals surface area (Å²) in [5.74, 6) is 0.457. The molecule has 26 heavy (non-hydrogen) atoms. The smallest absolute Gasteiger partial charge is 0.321 e. The molecule has 0 radical (unpaired) electrons. The average Bonchev–Trinajstić information content (AvgIpc) is 2.59. The maximum absolute atomic E-state index is 12.1. The fourth-order valence-electron chi connectivity index (χ4n) is 2.51. The molecule has 0 fully saturated rings. The first-order valence-corrected chi connectivity index (χ1v) is 8.78. The quantitative estimate of drug-likeness (QED) is 0.549. The normalized spacial score (nSPS) is 12.2. The molecule has 0 aliphatic carbocycles. The number of rotatable bonds is 7. The Hall–Kier alpha value is -2.74. The van der Waals surface area contributed by atoms with Gasteiger partial charge in [0.05, 0.1) is 17.4 Å². The van der Waals surface area contributed by atoms with Crippen LogP contribution in [0.5, 0.6) is 0 Å². The second-order valence-corrected chi connectivity index (χ2v) is 6.64. The van der Waals surface area contributed by atoms with Gasteiger partial charge in [-0.1, -0.05) is 26.0 Å². The van der Waals surface area contributed by atoms with E-state index in [0.717, 1.165) is 4.90 Å². The van der Waals surface area contributed by atoms with E-state index in [-0.39, 0.29) is 18.0 Å². The number of para-hydroxylation sites is 1. The maximum Gasteiger partial charge on any atom is 0.321 e. The zero-order chi connectivity index (χ0) is 19.1. The molecular formula is C18H26N5O3+. The summed E-state index contributed by atoms with van der Waals surface area (Å²) in [6.45, 7) is 7.54. The van der Waals surface area contributed by atoms with E-state index >= 15 is 0 Å². The molecule has 140 valence electrons. The van der Waals surface area contributed by atoms with Gasteiger partial charge in [0.1, 0.15) is 6.54 Å². The standard InChI is InChI=1S/C18H25N5O3/c1-4-23(11-16(24)22-18(26)19-9-12(2)3)10-15-20-14-8-6-5-7-13(14)17(25)21-15/h5-8,12H,4,9-11H2,1-3H3,(H,20,21,25)(H2,19,22,24,26)/p+1. The van der Waals surface area contributed by atoms with E-state index < -0.39 is 6.03 Å². The SMILES string of the molecule is CC[NH+](CC(=O)NC(=O)NCC(C)C)Cc1nc2ccccc2c(=O)[nH]1. The summed E-state index contributed by atoms with van der Waals surface area (Å²) in [4.78, 5) is 43.9. The topological polar surface area (TPSA) is 108 Å². The van der Waals surface area contributed by atoms with E-state index in [0.29, 0.717) is 42.3 Å². The van der Waals surface area contributed by atoms with Gasteiger partial charge >= 0.3 is 6.03 Å². The minimum absolute atomic E-state index is 0.113. The number of hydrogen-bond acceptors (Lipinski definition) is 4. The first-order valence-electron chi connectivity index (χ1n) is 8.78. The summed E-state index contributed by atoms with van der Waals surface area (Å²) in [7, 11) is 0. The molecule has 3 amide bonds. The van der Waals surface area contributed by atoms with Gasteiger partial charge in [-0.25, -0.2) is 9.78 Å². The van der Waals surface area contributed by atoms with E-state index in [4.69, 9.17) is 0 Å². The third kappa shape index (κ3) is 5.66. The Bertz CT molecular complexity index is 831. The lowest BCUT2D eigenvalue weighted by atomic mass is 10.2. The summed E-state index contributed by atoms with van der Waals surface area (Å²) in [5.41, 5.74) is 0.429. The minimum atomic E-state index is -0.489. The number of fused-ring (bicyclic) bond motifs is 1. The number of nitrogens with zero attached hydrogens (tertiary/aromatic N) is 1. The van der Waals surface area contributed by atoms with Crippen LogP contribution in [-0.4, -0.2) is 41.5 Å². The number of aromatic nitrogens is 2. The fraction of sp³-hybridized carbons (Fsp3) is 0.444. The molecule has 8 nitrogen and oxygen atoms in total. The monoisotopic (exact) mass is 360 g/mol. The van der Waals surface area contributed by atoms with Crippen molar-refractivity contribution >= 4 is 22.8 Å². The zero-order valence-corrected chi connectivity index (χ0v) is 15.4. The van der Waals surface area contributed by atoms with Gasteiger partial charge in [0.15, 0.2) is 12.4 Å². The second kappa shape index (κ2) is 9.10. The van der Waals surface area contributed by atoms with Gasteiger partial charge in [-0.15, -0.1) is 0 Å². The van der Waals surface area contributed by atoms with Crippen molar-refractivity contribution in [3.05, 3.63) is 40.4 Å². The summed E-state index contributed by atoms with van der Waals surface area (Å²) in [5, 5.41) is 5.50. The lowest BCUT2D eigenvalue weighted by Crippen LogP contribution is -3.11. The number of hydrogen-bond donors (Lipinski definition) is 4. The fourth-order valence-corrected chi connectivity index (χ4v) is 2.51. The Morgan fingerprint density at radius 3 is 2.69 bits per heavy atom. The summed E-state index contributed by atoms with van der Waals surface area (Å²) in [6, 6.07) is 6.63. The molecule has 0 aliphatic rings. The van der Waals surface area contributed by atoms with Crippen LogP contribution in [0.2, 0.25) is 0 Å². The number of nitrogens with one attached hydrogen (secondary N) is 4. The van der Waals surface area contributed by atoms with Gasteiger partial charge in [-0.05, 0) is 25.0 Å². The van der Waals surface area contributed by atoms with Crippen molar-refractivity contribution in [2.75, 3.05) is 19.6 Å². The first-order chi connectivity index (χ1) is 12.4. The number of urea groups is 1. The Morgan fingerprint density at radius 2 is 2.00 bits per heavy atom. The van der Waals surface area contributed by atoms with Crippen molar-refractivity contribution in [1.82, 2.24) is 20.6 Å². The highest BCUT2D eigenvalue weighted by atomic mass is 16.2. The number of benzene rings is 1. The number of carbonyl (C=O) groups excluding carboxylic acids is 2. The maximum atomic E-state index is 12.1. The molecule has 1 heterocycles. The second-order valence-electron chi connectivity index (χ2n) is 6.64. The Labute approximate surface area is 152 Å². The number of H-pyrrole nitrogens is 1. The van der Waals surface area contributed by atoms with Gasteiger partial charge in [-0.3, -0.25) is 14.9 Å². The molecule has 0 saturated heterocycles. The molecule has 2 aromatic rings. The largest absolute Gasteiger partial charge is 0.338 e. The van der Waals surface area contributed by atoms with Crippen LogP contribution in [0, 0.1) is 5.92 Å². The van der Waals surface area contributed by atoms with Gasteiger partial charge < -0.3 is 15.2 Å². The van der Waals surface area contributed by atoms with E-state index in [9.17, 15) is 14.4 Å². The number of imide groups is 1. The predicted octanol–water partition coefficient (Wildman–Crippen LogP) is -0.190. The molecule has 1 aromatic heterocycles. The van der Waals surface area contributed by atoms with E-state index in [1.165, 1.54) is 0 Å². The zero-order valence-electron chi connectivity index (χ0n) is 15.4. The molecule has 2 rings (SSSR count). The van der Waals surface area contributed by atoms with Crippen LogP contribution in [0.1, 0.15) is 26.6 Å². The highest BCUT2D eigenvalue weighted by Crippen LogP contribution is 2.04. The van der Waals surface area contributed by atoms with Crippen LogP contribution < -0.4 is 21.1 Å².